The fourth-order valence-corrected chi connectivity index (χ4v) is 3.41. The van der Waals surface area contributed by atoms with Crippen LogP contribution in [0.5, 0.6) is 0 Å². The Labute approximate surface area is 143 Å². The number of amides is 2. The summed E-state index contributed by atoms with van der Waals surface area (Å²) in [6.07, 6.45) is 2.02. The minimum Gasteiger partial charge on any atom is -0.339 e. The second-order valence-electron chi connectivity index (χ2n) is 6.58. The average Bonchev–Trinajstić information content (AvgIpc) is 2.61. The maximum Gasteiger partial charge on any atom is 0.241 e. The predicted octanol–water partition coefficient (Wildman–Crippen LogP) is 0.329. The zero-order chi connectivity index (χ0) is 16.9. The van der Waals surface area contributed by atoms with Crippen LogP contribution in [0.2, 0.25) is 0 Å². The van der Waals surface area contributed by atoms with Crippen molar-refractivity contribution < 1.29 is 9.59 Å². The number of anilines is 1. The number of piperazine rings is 1. The third-order valence-electron chi connectivity index (χ3n) is 4.69. The SMILES string of the molecule is CN(CC(=O)N1CCNCC1)CC(=O)N1CCCc2ccccc21. The number of carbonyl (C=O) groups is 2. The van der Waals surface area contributed by atoms with Crippen LogP contribution in [0.25, 0.3) is 0 Å². The summed E-state index contributed by atoms with van der Waals surface area (Å²) in [5, 5.41) is 3.24. The molecule has 1 aromatic rings. The Morgan fingerprint density at radius 1 is 1.08 bits per heavy atom. The van der Waals surface area contributed by atoms with Gasteiger partial charge in [0.1, 0.15) is 0 Å². The zero-order valence-corrected chi connectivity index (χ0v) is 14.3. The number of rotatable bonds is 4. The molecule has 6 nitrogen and oxygen atoms in total. The number of benzene rings is 1. The summed E-state index contributed by atoms with van der Waals surface area (Å²) in [7, 11) is 1.84. The first-order valence-corrected chi connectivity index (χ1v) is 8.70. The van der Waals surface area contributed by atoms with Crippen LogP contribution >= 0.6 is 0 Å². The van der Waals surface area contributed by atoms with E-state index in [9.17, 15) is 9.59 Å². The van der Waals surface area contributed by atoms with Crippen molar-refractivity contribution >= 4 is 17.5 Å². The molecule has 1 saturated heterocycles. The number of nitrogens with zero attached hydrogens (tertiary/aromatic N) is 3. The van der Waals surface area contributed by atoms with Crippen LogP contribution in [0.4, 0.5) is 5.69 Å². The first-order valence-electron chi connectivity index (χ1n) is 8.70. The van der Waals surface area contributed by atoms with Crippen LogP contribution in [-0.4, -0.2) is 74.5 Å². The fourth-order valence-electron chi connectivity index (χ4n) is 3.41. The van der Waals surface area contributed by atoms with E-state index in [0.717, 1.165) is 51.3 Å². The van der Waals surface area contributed by atoms with Gasteiger partial charge in [-0.05, 0) is 31.5 Å². The molecule has 130 valence electrons. The van der Waals surface area contributed by atoms with Gasteiger partial charge in [0.25, 0.3) is 0 Å². The number of hydrogen-bond acceptors (Lipinski definition) is 4. The van der Waals surface area contributed by atoms with Gasteiger partial charge in [0.05, 0.1) is 13.1 Å². The van der Waals surface area contributed by atoms with E-state index in [1.165, 1.54) is 5.56 Å². The minimum atomic E-state index is 0.0674. The summed E-state index contributed by atoms with van der Waals surface area (Å²) < 4.78 is 0. The second kappa shape index (κ2) is 7.77. The first-order chi connectivity index (χ1) is 11.6. The highest BCUT2D eigenvalue weighted by atomic mass is 16.2. The monoisotopic (exact) mass is 330 g/mol. The van der Waals surface area contributed by atoms with Gasteiger partial charge >= 0.3 is 0 Å². The van der Waals surface area contributed by atoms with Gasteiger partial charge in [-0.3, -0.25) is 14.5 Å². The molecule has 24 heavy (non-hydrogen) atoms. The lowest BCUT2D eigenvalue weighted by Crippen LogP contribution is -2.50. The van der Waals surface area contributed by atoms with Crippen molar-refractivity contribution in [3.05, 3.63) is 29.8 Å². The fraction of sp³-hybridized carbons (Fsp3) is 0.556. The van der Waals surface area contributed by atoms with E-state index in [0.29, 0.717) is 6.54 Å². The number of carbonyl (C=O) groups excluding carboxylic acids is 2. The van der Waals surface area contributed by atoms with Gasteiger partial charge in [-0.25, -0.2) is 0 Å². The molecule has 0 aromatic heterocycles. The largest absolute Gasteiger partial charge is 0.339 e. The molecule has 0 aliphatic carbocycles. The summed E-state index contributed by atoms with van der Waals surface area (Å²) in [6, 6.07) is 8.10. The number of para-hydroxylation sites is 1. The summed E-state index contributed by atoms with van der Waals surface area (Å²) in [5.41, 5.74) is 2.26. The quantitative estimate of drug-likeness (QED) is 0.864. The van der Waals surface area contributed by atoms with Crippen molar-refractivity contribution in [1.82, 2.24) is 15.1 Å². The number of fused-ring (bicyclic) bond motifs is 1. The molecular weight excluding hydrogens is 304 g/mol. The molecule has 2 heterocycles. The van der Waals surface area contributed by atoms with Gasteiger partial charge in [-0.15, -0.1) is 0 Å². The molecule has 0 unspecified atom stereocenters. The molecule has 1 fully saturated rings. The third-order valence-corrected chi connectivity index (χ3v) is 4.69. The molecular formula is C18H26N4O2. The van der Waals surface area contributed by atoms with Crippen LogP contribution in [0.15, 0.2) is 24.3 Å². The maximum atomic E-state index is 12.7. The van der Waals surface area contributed by atoms with Crippen molar-refractivity contribution in [2.24, 2.45) is 0 Å². The Morgan fingerprint density at radius 2 is 1.79 bits per heavy atom. The Balaban J connectivity index is 1.56. The first kappa shape index (κ1) is 16.9. The van der Waals surface area contributed by atoms with Gasteiger partial charge in [-0.1, -0.05) is 18.2 Å². The van der Waals surface area contributed by atoms with E-state index < -0.39 is 0 Å². The molecule has 0 saturated carbocycles. The van der Waals surface area contributed by atoms with Crippen LogP contribution in [0.1, 0.15) is 12.0 Å². The highest BCUT2D eigenvalue weighted by molar-refractivity contribution is 5.96. The van der Waals surface area contributed by atoms with Crippen molar-refractivity contribution in [1.29, 1.82) is 0 Å². The molecule has 2 amide bonds. The highest BCUT2D eigenvalue weighted by Crippen LogP contribution is 2.26. The summed E-state index contributed by atoms with van der Waals surface area (Å²) in [6.45, 7) is 4.51. The molecule has 1 aromatic carbocycles. The Kier molecular flexibility index (Phi) is 5.48. The van der Waals surface area contributed by atoms with E-state index in [2.05, 4.69) is 11.4 Å². The Hall–Kier alpha value is -1.92. The molecule has 2 aliphatic rings. The maximum absolute atomic E-state index is 12.7. The normalized spacial score (nSPS) is 17.8. The molecule has 0 radical (unpaired) electrons. The van der Waals surface area contributed by atoms with Crippen LogP contribution in [-0.2, 0) is 16.0 Å². The molecule has 3 rings (SSSR count). The highest BCUT2D eigenvalue weighted by Gasteiger charge is 2.24. The minimum absolute atomic E-state index is 0.0674. The molecule has 0 spiro atoms. The summed E-state index contributed by atoms with van der Waals surface area (Å²) in [4.78, 5) is 30.5. The molecule has 1 N–H and O–H groups in total. The number of aryl methyl sites for hydroxylation is 1. The van der Waals surface area contributed by atoms with E-state index in [1.807, 2.05) is 39.9 Å². The smallest absolute Gasteiger partial charge is 0.241 e. The van der Waals surface area contributed by atoms with Gasteiger partial charge in [-0.2, -0.15) is 0 Å². The van der Waals surface area contributed by atoms with Gasteiger partial charge in [0.15, 0.2) is 0 Å². The van der Waals surface area contributed by atoms with Crippen LogP contribution in [0, 0.1) is 0 Å². The van der Waals surface area contributed by atoms with Crippen molar-refractivity contribution in [3.8, 4) is 0 Å². The topological polar surface area (TPSA) is 55.9 Å². The van der Waals surface area contributed by atoms with Gasteiger partial charge < -0.3 is 15.1 Å². The van der Waals surface area contributed by atoms with E-state index in [-0.39, 0.29) is 18.4 Å². The van der Waals surface area contributed by atoms with Crippen molar-refractivity contribution in [3.63, 3.8) is 0 Å². The lowest BCUT2D eigenvalue weighted by molar-refractivity contribution is -0.133. The van der Waals surface area contributed by atoms with Crippen LogP contribution < -0.4 is 10.2 Å². The van der Waals surface area contributed by atoms with E-state index in [1.54, 1.807) is 0 Å². The Morgan fingerprint density at radius 3 is 2.58 bits per heavy atom. The van der Waals surface area contributed by atoms with E-state index >= 15 is 0 Å². The standard InChI is InChI=1S/C18H26N4O2/c1-20(13-17(23)21-11-8-19-9-12-21)14-18(24)22-10-4-6-15-5-2-3-7-16(15)22/h2-3,5,7,19H,4,6,8-14H2,1H3. The van der Waals surface area contributed by atoms with Crippen molar-refractivity contribution in [2.75, 3.05) is 57.8 Å². The number of likely N-dealkylation sites (N-methyl/N-ethyl adjacent to an activating group) is 1. The second-order valence-corrected chi connectivity index (χ2v) is 6.58. The van der Waals surface area contributed by atoms with Gasteiger partial charge in [0, 0.05) is 38.4 Å². The zero-order valence-electron chi connectivity index (χ0n) is 14.3. The van der Waals surface area contributed by atoms with Gasteiger partial charge in [0.2, 0.25) is 11.8 Å². The van der Waals surface area contributed by atoms with Crippen molar-refractivity contribution in [2.45, 2.75) is 12.8 Å². The number of hydrogen-bond donors (Lipinski definition) is 1. The summed E-state index contributed by atoms with van der Waals surface area (Å²) >= 11 is 0. The lowest BCUT2D eigenvalue weighted by Gasteiger charge is -2.32. The molecule has 2 aliphatic heterocycles. The third kappa shape index (κ3) is 3.94. The summed E-state index contributed by atoms with van der Waals surface area (Å²) in [5.74, 6) is 0.170. The predicted molar refractivity (Wildman–Crippen MR) is 94.1 cm³/mol. The molecule has 6 heteroatoms. The molecule has 0 bridgehead atoms. The van der Waals surface area contributed by atoms with E-state index in [4.69, 9.17) is 0 Å². The number of nitrogens with one attached hydrogen (secondary N) is 1. The Bertz CT molecular complexity index is 598. The van der Waals surface area contributed by atoms with Crippen LogP contribution in [0.3, 0.4) is 0 Å². The molecule has 0 atom stereocenters. The lowest BCUT2D eigenvalue weighted by atomic mass is 10.0. The average molecular weight is 330 g/mol.